The van der Waals surface area contributed by atoms with E-state index in [9.17, 15) is 10.1 Å². The molecule has 0 amide bonds. The Kier molecular flexibility index (Phi) is 3.84. The van der Waals surface area contributed by atoms with E-state index in [-0.39, 0.29) is 17.3 Å². The third-order valence-corrected chi connectivity index (χ3v) is 4.66. The Labute approximate surface area is 164 Å². The summed E-state index contributed by atoms with van der Waals surface area (Å²) in [6.07, 6.45) is 4.88. The predicted molar refractivity (Wildman–Crippen MR) is 111 cm³/mol. The summed E-state index contributed by atoms with van der Waals surface area (Å²) in [5.41, 5.74) is 7.53. The Bertz CT molecular complexity index is 1260. The molecule has 0 saturated heterocycles. The molecule has 0 bridgehead atoms. The van der Waals surface area contributed by atoms with Crippen molar-refractivity contribution in [2.24, 2.45) is 0 Å². The van der Waals surface area contributed by atoms with E-state index >= 15 is 0 Å². The second kappa shape index (κ2) is 6.64. The van der Waals surface area contributed by atoms with Gasteiger partial charge in [0.05, 0.1) is 16.0 Å². The quantitative estimate of drug-likeness (QED) is 0.350. The fourth-order valence-electron chi connectivity index (χ4n) is 3.30. The topological polar surface area (TPSA) is 103 Å². The normalized spacial score (nSPS) is 11.0. The molecular weight excluding hydrogens is 370 g/mol. The van der Waals surface area contributed by atoms with Gasteiger partial charge in [-0.2, -0.15) is 0 Å². The summed E-state index contributed by atoms with van der Waals surface area (Å²) in [4.78, 5) is 19.6. The van der Waals surface area contributed by atoms with Crippen LogP contribution in [-0.4, -0.2) is 24.2 Å². The van der Waals surface area contributed by atoms with Crippen molar-refractivity contribution in [1.29, 1.82) is 0 Å². The maximum atomic E-state index is 11.9. The number of nitro groups is 1. The minimum Gasteiger partial charge on any atom is -0.272 e. The molecule has 142 valence electrons. The number of hydrogen-bond acceptors (Lipinski definition) is 6. The maximum Gasteiger partial charge on any atom is 0.356 e. The molecule has 5 aromatic rings. The molecule has 2 aromatic carbocycles. The molecule has 0 radical (unpaired) electrons. The Morgan fingerprint density at radius 3 is 1.72 bits per heavy atom. The lowest BCUT2D eigenvalue weighted by atomic mass is 10.3. The van der Waals surface area contributed by atoms with Crippen LogP contribution in [0.15, 0.2) is 79.4 Å². The van der Waals surface area contributed by atoms with Crippen LogP contribution in [0.2, 0.25) is 0 Å². The smallest absolute Gasteiger partial charge is 0.272 e. The van der Waals surface area contributed by atoms with E-state index in [0.717, 1.165) is 21.8 Å². The van der Waals surface area contributed by atoms with Crippen LogP contribution in [-0.2, 0) is 0 Å². The minimum absolute atomic E-state index is 0.0883. The monoisotopic (exact) mass is 385 g/mol. The van der Waals surface area contributed by atoms with Crippen LogP contribution in [0.5, 0.6) is 0 Å². The van der Waals surface area contributed by atoms with Gasteiger partial charge in [-0.3, -0.25) is 30.3 Å². The second-order valence-corrected chi connectivity index (χ2v) is 6.39. The zero-order valence-electron chi connectivity index (χ0n) is 15.1. The number of anilines is 2. The summed E-state index contributed by atoms with van der Waals surface area (Å²) in [6.45, 7) is 0. The van der Waals surface area contributed by atoms with Crippen molar-refractivity contribution < 1.29 is 4.92 Å². The van der Waals surface area contributed by atoms with Crippen molar-refractivity contribution >= 4 is 39.1 Å². The molecule has 29 heavy (non-hydrogen) atoms. The number of benzene rings is 2. The lowest BCUT2D eigenvalue weighted by Gasteiger charge is -2.12. The van der Waals surface area contributed by atoms with Gasteiger partial charge in [0, 0.05) is 23.2 Å². The van der Waals surface area contributed by atoms with Crippen molar-refractivity contribution in [1.82, 2.24) is 19.3 Å². The molecular formula is C20H15N7O2. The number of rotatable bonds is 5. The summed E-state index contributed by atoms with van der Waals surface area (Å²) in [5.74, 6) is 0.177. The molecule has 0 atom stereocenters. The highest BCUT2D eigenvalue weighted by molar-refractivity contribution is 5.82. The van der Waals surface area contributed by atoms with Gasteiger partial charge in [0.1, 0.15) is 6.33 Å². The van der Waals surface area contributed by atoms with Crippen molar-refractivity contribution in [3.63, 3.8) is 0 Å². The minimum atomic E-state index is -0.498. The van der Waals surface area contributed by atoms with Gasteiger partial charge in [0.15, 0.2) is 0 Å². The first-order valence-corrected chi connectivity index (χ1v) is 8.86. The molecule has 0 saturated carbocycles. The second-order valence-electron chi connectivity index (χ2n) is 6.39. The molecule has 5 rings (SSSR count). The van der Waals surface area contributed by atoms with E-state index in [2.05, 4.69) is 20.8 Å². The SMILES string of the molecule is O=[N+]([O-])c1c(Nn2ccc3ccccc32)ncnc1Nn1ccc2ccccc21. The van der Waals surface area contributed by atoms with Gasteiger partial charge in [-0.15, -0.1) is 0 Å². The Morgan fingerprint density at radius 1 is 0.759 bits per heavy atom. The van der Waals surface area contributed by atoms with Gasteiger partial charge in [0.2, 0.25) is 11.6 Å². The van der Waals surface area contributed by atoms with E-state index in [0.29, 0.717) is 0 Å². The number of fused-ring (bicyclic) bond motifs is 2. The van der Waals surface area contributed by atoms with Crippen LogP contribution in [0.3, 0.4) is 0 Å². The number of para-hydroxylation sites is 2. The van der Waals surface area contributed by atoms with Crippen LogP contribution in [0.25, 0.3) is 21.8 Å². The number of nitrogens with zero attached hydrogens (tertiary/aromatic N) is 5. The average molecular weight is 385 g/mol. The maximum absolute atomic E-state index is 11.9. The van der Waals surface area contributed by atoms with E-state index in [1.165, 1.54) is 6.33 Å². The Morgan fingerprint density at radius 2 is 1.24 bits per heavy atom. The summed E-state index contributed by atoms with van der Waals surface area (Å²) in [7, 11) is 0. The Hall–Kier alpha value is -4.40. The molecule has 9 heteroatoms. The lowest BCUT2D eigenvalue weighted by molar-refractivity contribution is -0.383. The zero-order chi connectivity index (χ0) is 19.8. The fraction of sp³-hybridized carbons (Fsp3) is 0. The van der Waals surface area contributed by atoms with E-state index in [1.54, 1.807) is 21.7 Å². The summed E-state index contributed by atoms with van der Waals surface area (Å²) >= 11 is 0. The third kappa shape index (κ3) is 2.90. The molecule has 3 aromatic heterocycles. The standard InChI is InChI=1S/C20H15N7O2/c28-27(29)18-19(23-25-11-9-14-5-1-3-7-16(14)25)21-13-22-20(18)24-26-12-10-15-6-2-4-8-17(15)26/h1-13H,(H2,21,22,23,24). The van der Waals surface area contributed by atoms with Gasteiger partial charge in [-0.05, 0) is 24.3 Å². The van der Waals surface area contributed by atoms with Gasteiger partial charge < -0.3 is 0 Å². The molecule has 0 fully saturated rings. The molecule has 3 heterocycles. The molecule has 2 N–H and O–H groups in total. The first-order chi connectivity index (χ1) is 14.2. The average Bonchev–Trinajstić information content (AvgIpc) is 3.33. The highest BCUT2D eigenvalue weighted by atomic mass is 16.6. The van der Waals surface area contributed by atoms with Crippen molar-refractivity contribution in [3.8, 4) is 0 Å². The van der Waals surface area contributed by atoms with Gasteiger partial charge in [-0.1, -0.05) is 36.4 Å². The van der Waals surface area contributed by atoms with Crippen LogP contribution in [0, 0.1) is 10.1 Å². The van der Waals surface area contributed by atoms with Crippen LogP contribution >= 0.6 is 0 Å². The molecule has 0 unspecified atom stereocenters. The molecule has 0 aliphatic heterocycles. The summed E-state index contributed by atoms with van der Waals surface area (Å²) in [6, 6.07) is 19.3. The number of aromatic nitrogens is 4. The fourth-order valence-corrected chi connectivity index (χ4v) is 3.30. The van der Waals surface area contributed by atoms with Crippen molar-refractivity contribution in [2.75, 3.05) is 10.9 Å². The lowest BCUT2D eigenvalue weighted by Crippen LogP contribution is -2.15. The third-order valence-electron chi connectivity index (χ3n) is 4.66. The van der Waals surface area contributed by atoms with Crippen LogP contribution < -0.4 is 10.9 Å². The molecule has 9 nitrogen and oxygen atoms in total. The molecule has 0 spiro atoms. The van der Waals surface area contributed by atoms with Gasteiger partial charge >= 0.3 is 5.69 Å². The number of hydrogen-bond donors (Lipinski definition) is 2. The highest BCUT2D eigenvalue weighted by Crippen LogP contribution is 2.30. The van der Waals surface area contributed by atoms with Crippen molar-refractivity contribution in [3.05, 3.63) is 89.5 Å². The summed E-state index contributed by atoms with van der Waals surface area (Å²) < 4.78 is 3.39. The van der Waals surface area contributed by atoms with Crippen LogP contribution in [0.4, 0.5) is 17.3 Å². The summed E-state index contributed by atoms with van der Waals surface area (Å²) in [5, 5.41) is 13.9. The first-order valence-electron chi connectivity index (χ1n) is 8.86. The highest BCUT2D eigenvalue weighted by Gasteiger charge is 2.24. The van der Waals surface area contributed by atoms with E-state index in [1.807, 2.05) is 60.7 Å². The Balaban J connectivity index is 1.56. The molecule has 0 aliphatic carbocycles. The van der Waals surface area contributed by atoms with Crippen molar-refractivity contribution in [2.45, 2.75) is 0 Å². The van der Waals surface area contributed by atoms with Gasteiger partial charge in [0.25, 0.3) is 0 Å². The predicted octanol–water partition coefficient (Wildman–Crippen LogP) is 4.04. The molecule has 0 aliphatic rings. The van der Waals surface area contributed by atoms with E-state index < -0.39 is 4.92 Å². The first kappa shape index (κ1) is 16.8. The number of nitrogens with one attached hydrogen (secondary N) is 2. The zero-order valence-corrected chi connectivity index (χ0v) is 15.1. The van der Waals surface area contributed by atoms with Gasteiger partial charge in [-0.25, -0.2) is 9.97 Å². The van der Waals surface area contributed by atoms with Crippen LogP contribution in [0.1, 0.15) is 0 Å². The van der Waals surface area contributed by atoms with E-state index in [4.69, 9.17) is 0 Å². The largest absolute Gasteiger partial charge is 0.356 e.